The van der Waals surface area contributed by atoms with Crippen molar-refractivity contribution in [3.63, 3.8) is 0 Å². The Kier molecular flexibility index (Phi) is 3.71. The number of imidazole rings is 1. The molecular formula is C17H21N3O3. The van der Waals surface area contributed by atoms with Crippen molar-refractivity contribution in [3.05, 3.63) is 41.5 Å². The van der Waals surface area contributed by atoms with E-state index in [-0.39, 0.29) is 6.04 Å². The van der Waals surface area contributed by atoms with Crippen LogP contribution < -0.4 is 9.47 Å². The second kappa shape index (κ2) is 5.86. The van der Waals surface area contributed by atoms with E-state index in [1.54, 1.807) is 7.11 Å². The van der Waals surface area contributed by atoms with Crippen LogP contribution in [0.5, 0.6) is 11.5 Å². The number of hydrogen-bond donors (Lipinski definition) is 0. The SMILES string of the molecule is COCc1cnc2n1CCN(Cc1ccc3c(c1)OCO3)[C@@H]2C. The number of aromatic nitrogens is 2. The average Bonchev–Trinajstić information content (AvgIpc) is 3.17. The van der Waals surface area contributed by atoms with Gasteiger partial charge in [-0.25, -0.2) is 4.98 Å². The van der Waals surface area contributed by atoms with Gasteiger partial charge in [-0.05, 0) is 24.6 Å². The number of ether oxygens (including phenoxy) is 3. The summed E-state index contributed by atoms with van der Waals surface area (Å²) in [5.74, 6) is 2.79. The van der Waals surface area contributed by atoms with Gasteiger partial charge in [0.05, 0.1) is 24.5 Å². The molecular weight excluding hydrogens is 294 g/mol. The van der Waals surface area contributed by atoms with Crippen molar-refractivity contribution in [1.82, 2.24) is 14.5 Å². The third kappa shape index (κ3) is 2.58. The molecule has 6 nitrogen and oxygen atoms in total. The Labute approximate surface area is 135 Å². The Balaban J connectivity index is 1.52. The molecule has 0 bridgehead atoms. The predicted octanol–water partition coefficient (Wildman–Crippen LogP) is 2.34. The largest absolute Gasteiger partial charge is 0.454 e. The van der Waals surface area contributed by atoms with Crippen LogP contribution in [0.25, 0.3) is 0 Å². The van der Waals surface area contributed by atoms with Gasteiger partial charge in [0, 0.05) is 26.7 Å². The Bertz CT molecular complexity index is 713. The van der Waals surface area contributed by atoms with Crippen molar-refractivity contribution in [1.29, 1.82) is 0 Å². The lowest BCUT2D eigenvalue weighted by molar-refractivity contribution is 0.143. The Morgan fingerprint density at radius 3 is 3.00 bits per heavy atom. The van der Waals surface area contributed by atoms with E-state index in [9.17, 15) is 0 Å². The summed E-state index contributed by atoms with van der Waals surface area (Å²) in [4.78, 5) is 7.04. The standard InChI is InChI=1S/C17H21N3O3/c1-12-17-18-8-14(10-21-2)20(17)6-5-19(12)9-13-3-4-15-16(7-13)23-11-22-15/h3-4,7-8,12H,5-6,9-11H2,1-2H3/t12-/m1/s1. The van der Waals surface area contributed by atoms with Gasteiger partial charge in [0.2, 0.25) is 6.79 Å². The van der Waals surface area contributed by atoms with Gasteiger partial charge in [-0.1, -0.05) is 6.07 Å². The van der Waals surface area contributed by atoms with Gasteiger partial charge in [0.15, 0.2) is 11.5 Å². The molecule has 3 heterocycles. The third-order valence-corrected chi connectivity index (χ3v) is 4.62. The highest BCUT2D eigenvalue weighted by atomic mass is 16.7. The molecule has 0 N–H and O–H groups in total. The monoisotopic (exact) mass is 315 g/mol. The van der Waals surface area contributed by atoms with Crippen LogP contribution in [0, 0.1) is 0 Å². The molecule has 0 spiro atoms. The van der Waals surface area contributed by atoms with E-state index in [1.807, 2.05) is 12.3 Å². The van der Waals surface area contributed by atoms with E-state index in [2.05, 4.69) is 33.5 Å². The molecule has 6 heteroatoms. The lowest BCUT2D eigenvalue weighted by Gasteiger charge is -2.34. The van der Waals surface area contributed by atoms with Crippen molar-refractivity contribution >= 4 is 0 Å². The number of fused-ring (bicyclic) bond motifs is 2. The summed E-state index contributed by atoms with van der Waals surface area (Å²) in [6.07, 6.45) is 1.93. The first-order valence-corrected chi connectivity index (χ1v) is 7.92. The molecule has 2 aliphatic heterocycles. The minimum Gasteiger partial charge on any atom is -0.454 e. The molecule has 0 saturated heterocycles. The summed E-state index contributed by atoms with van der Waals surface area (Å²) in [6.45, 7) is 5.96. The van der Waals surface area contributed by atoms with E-state index in [4.69, 9.17) is 14.2 Å². The number of rotatable bonds is 4. The van der Waals surface area contributed by atoms with Gasteiger partial charge >= 0.3 is 0 Å². The van der Waals surface area contributed by atoms with Gasteiger partial charge < -0.3 is 18.8 Å². The predicted molar refractivity (Wildman–Crippen MR) is 84.3 cm³/mol. The molecule has 1 aromatic carbocycles. The van der Waals surface area contributed by atoms with E-state index in [1.165, 1.54) is 5.56 Å². The van der Waals surface area contributed by atoms with Gasteiger partial charge in [-0.3, -0.25) is 4.90 Å². The summed E-state index contributed by atoms with van der Waals surface area (Å²) in [6, 6.07) is 6.45. The quantitative estimate of drug-likeness (QED) is 0.867. The third-order valence-electron chi connectivity index (χ3n) is 4.62. The maximum absolute atomic E-state index is 5.47. The van der Waals surface area contributed by atoms with Gasteiger partial charge in [0.1, 0.15) is 5.82 Å². The summed E-state index contributed by atoms with van der Waals surface area (Å²) in [7, 11) is 1.72. The van der Waals surface area contributed by atoms with Gasteiger partial charge in [-0.15, -0.1) is 0 Å². The maximum Gasteiger partial charge on any atom is 0.231 e. The molecule has 0 saturated carbocycles. The molecule has 0 radical (unpaired) electrons. The number of nitrogens with zero attached hydrogens (tertiary/aromatic N) is 3. The van der Waals surface area contributed by atoms with Crippen LogP contribution in [0.15, 0.2) is 24.4 Å². The van der Waals surface area contributed by atoms with Crippen LogP contribution in [0.4, 0.5) is 0 Å². The number of benzene rings is 1. The first kappa shape index (κ1) is 14.5. The normalized spacial score (nSPS) is 19.8. The molecule has 1 aromatic heterocycles. The minimum absolute atomic E-state index is 0.278. The van der Waals surface area contributed by atoms with Crippen LogP contribution in [0.1, 0.15) is 30.0 Å². The zero-order valence-corrected chi connectivity index (χ0v) is 13.5. The zero-order chi connectivity index (χ0) is 15.8. The fourth-order valence-corrected chi connectivity index (χ4v) is 3.36. The Hall–Kier alpha value is -2.05. The van der Waals surface area contributed by atoms with Crippen molar-refractivity contribution in [2.45, 2.75) is 32.7 Å². The Morgan fingerprint density at radius 2 is 2.13 bits per heavy atom. The summed E-state index contributed by atoms with van der Waals surface area (Å²) in [5.41, 5.74) is 2.38. The van der Waals surface area contributed by atoms with E-state index >= 15 is 0 Å². The summed E-state index contributed by atoms with van der Waals surface area (Å²) >= 11 is 0. The lowest BCUT2D eigenvalue weighted by Crippen LogP contribution is -2.37. The van der Waals surface area contributed by atoms with Crippen molar-refractivity contribution in [2.24, 2.45) is 0 Å². The first-order chi connectivity index (χ1) is 11.3. The fourth-order valence-electron chi connectivity index (χ4n) is 3.36. The van der Waals surface area contributed by atoms with Crippen molar-refractivity contribution in [2.75, 3.05) is 20.4 Å². The van der Waals surface area contributed by atoms with Crippen LogP contribution in [0.3, 0.4) is 0 Å². The molecule has 122 valence electrons. The highest BCUT2D eigenvalue weighted by Crippen LogP contribution is 2.34. The molecule has 1 atom stereocenters. The molecule has 0 aliphatic carbocycles. The maximum atomic E-state index is 5.47. The van der Waals surface area contributed by atoms with E-state index in [0.29, 0.717) is 13.4 Å². The van der Waals surface area contributed by atoms with Crippen LogP contribution in [-0.4, -0.2) is 34.9 Å². The van der Waals surface area contributed by atoms with Crippen LogP contribution in [-0.2, 0) is 24.4 Å². The summed E-state index contributed by atoms with van der Waals surface area (Å²) < 4.78 is 18.4. The minimum atomic E-state index is 0.278. The molecule has 0 fully saturated rings. The zero-order valence-electron chi connectivity index (χ0n) is 13.5. The van der Waals surface area contributed by atoms with E-state index < -0.39 is 0 Å². The summed E-state index contributed by atoms with van der Waals surface area (Å²) in [5, 5.41) is 0. The number of hydrogen-bond acceptors (Lipinski definition) is 5. The number of methoxy groups -OCH3 is 1. The highest BCUT2D eigenvalue weighted by Gasteiger charge is 2.27. The first-order valence-electron chi connectivity index (χ1n) is 7.92. The second-order valence-corrected chi connectivity index (χ2v) is 6.03. The van der Waals surface area contributed by atoms with Crippen LogP contribution in [0.2, 0.25) is 0 Å². The molecule has 2 aromatic rings. The van der Waals surface area contributed by atoms with Crippen LogP contribution >= 0.6 is 0 Å². The molecule has 0 unspecified atom stereocenters. The average molecular weight is 315 g/mol. The second-order valence-electron chi connectivity index (χ2n) is 6.03. The Morgan fingerprint density at radius 1 is 1.26 bits per heavy atom. The van der Waals surface area contributed by atoms with Crippen molar-refractivity contribution in [3.8, 4) is 11.5 Å². The van der Waals surface area contributed by atoms with Gasteiger partial charge in [-0.2, -0.15) is 0 Å². The van der Waals surface area contributed by atoms with Gasteiger partial charge in [0.25, 0.3) is 0 Å². The molecule has 0 amide bonds. The fraction of sp³-hybridized carbons (Fsp3) is 0.471. The smallest absolute Gasteiger partial charge is 0.231 e. The molecule has 4 rings (SSSR count). The van der Waals surface area contributed by atoms with E-state index in [0.717, 1.165) is 42.7 Å². The topological polar surface area (TPSA) is 48.8 Å². The highest BCUT2D eigenvalue weighted by molar-refractivity contribution is 5.44. The molecule has 2 aliphatic rings. The van der Waals surface area contributed by atoms with Crippen molar-refractivity contribution < 1.29 is 14.2 Å². The lowest BCUT2D eigenvalue weighted by atomic mass is 10.1. The molecule has 23 heavy (non-hydrogen) atoms.